The highest BCUT2D eigenvalue weighted by Crippen LogP contribution is 2.32. The van der Waals surface area contributed by atoms with Crippen LogP contribution in [0.5, 0.6) is 0 Å². The molecule has 2 aromatic heterocycles. The van der Waals surface area contributed by atoms with Gasteiger partial charge in [-0.05, 0) is 61.6 Å². The molecular formula is C22H22N4. The maximum atomic E-state index is 4.81. The molecule has 1 fully saturated rings. The van der Waals surface area contributed by atoms with E-state index in [1.807, 2.05) is 0 Å². The molecule has 26 heavy (non-hydrogen) atoms. The number of fused-ring (bicyclic) bond motifs is 1. The molecule has 0 amide bonds. The maximum Gasteiger partial charge on any atom is 0.116 e. The minimum Gasteiger partial charge on any atom is -0.359 e. The summed E-state index contributed by atoms with van der Waals surface area (Å²) in [6, 6.07) is 19.0. The monoisotopic (exact) mass is 342 g/mol. The first-order valence-electron chi connectivity index (χ1n) is 9.24. The largest absolute Gasteiger partial charge is 0.359 e. The Morgan fingerprint density at radius 3 is 2.65 bits per heavy atom. The summed E-state index contributed by atoms with van der Waals surface area (Å²) in [4.78, 5) is 3.38. The topological polar surface area (TPSA) is 45.6 Å². The zero-order valence-electron chi connectivity index (χ0n) is 14.9. The van der Waals surface area contributed by atoms with Crippen molar-refractivity contribution in [2.75, 3.05) is 5.32 Å². The molecule has 0 radical (unpaired) electrons. The average molecular weight is 342 g/mol. The molecular weight excluding hydrogens is 320 g/mol. The summed E-state index contributed by atoms with van der Waals surface area (Å²) in [5.74, 6) is 0.824. The molecule has 2 heterocycles. The van der Waals surface area contributed by atoms with Gasteiger partial charge in [0.2, 0.25) is 0 Å². The van der Waals surface area contributed by atoms with Crippen molar-refractivity contribution < 1.29 is 0 Å². The number of hydrogen-bond acceptors (Lipinski definition) is 2. The Balaban J connectivity index is 1.40. The molecule has 2 N–H and O–H groups in total. The quantitative estimate of drug-likeness (QED) is 0.503. The van der Waals surface area contributed by atoms with Gasteiger partial charge in [0.15, 0.2) is 0 Å². The number of anilines is 2. The number of aromatic amines is 1. The van der Waals surface area contributed by atoms with Gasteiger partial charge in [-0.3, -0.25) is 4.68 Å². The van der Waals surface area contributed by atoms with Crippen molar-refractivity contribution in [3.63, 3.8) is 0 Å². The van der Waals surface area contributed by atoms with Gasteiger partial charge in [-0.25, -0.2) is 0 Å². The normalized spacial score (nSPS) is 14.0. The summed E-state index contributed by atoms with van der Waals surface area (Å²) in [5.41, 5.74) is 6.68. The van der Waals surface area contributed by atoms with Gasteiger partial charge in [0.05, 0.1) is 5.69 Å². The van der Waals surface area contributed by atoms with Crippen LogP contribution in [0.25, 0.3) is 22.2 Å². The molecule has 1 aliphatic rings. The smallest absolute Gasteiger partial charge is 0.116 e. The van der Waals surface area contributed by atoms with Crippen LogP contribution in [0.15, 0.2) is 60.8 Å². The van der Waals surface area contributed by atoms with Crippen LogP contribution in [0, 0.1) is 12.8 Å². The van der Waals surface area contributed by atoms with Gasteiger partial charge in [-0.15, -0.1) is 0 Å². The molecule has 0 bridgehead atoms. The fourth-order valence-corrected chi connectivity index (χ4v) is 3.42. The highest BCUT2D eigenvalue weighted by atomic mass is 15.3. The van der Waals surface area contributed by atoms with Gasteiger partial charge in [0.1, 0.15) is 5.52 Å². The molecule has 4 heteroatoms. The van der Waals surface area contributed by atoms with Gasteiger partial charge in [-0.2, -0.15) is 5.10 Å². The van der Waals surface area contributed by atoms with E-state index in [1.165, 1.54) is 29.5 Å². The molecule has 4 nitrogen and oxygen atoms in total. The van der Waals surface area contributed by atoms with E-state index in [0.29, 0.717) is 0 Å². The van der Waals surface area contributed by atoms with Crippen LogP contribution in [-0.4, -0.2) is 14.8 Å². The third-order valence-electron chi connectivity index (χ3n) is 5.03. The van der Waals surface area contributed by atoms with Gasteiger partial charge in [0.25, 0.3) is 0 Å². The predicted octanol–water partition coefficient (Wildman–Crippen LogP) is 5.49. The molecule has 0 unspecified atom stereocenters. The lowest BCUT2D eigenvalue weighted by Crippen LogP contribution is -1.99. The number of H-pyrrole nitrogens is 1. The highest BCUT2D eigenvalue weighted by molar-refractivity contribution is 5.92. The molecule has 1 aliphatic carbocycles. The Labute approximate surface area is 152 Å². The van der Waals surface area contributed by atoms with Crippen LogP contribution >= 0.6 is 0 Å². The summed E-state index contributed by atoms with van der Waals surface area (Å²) in [6.07, 6.45) is 4.84. The van der Waals surface area contributed by atoms with E-state index in [-0.39, 0.29) is 0 Å². The van der Waals surface area contributed by atoms with Crippen molar-refractivity contribution in [2.45, 2.75) is 26.3 Å². The number of rotatable bonds is 5. The van der Waals surface area contributed by atoms with Crippen LogP contribution in [0.2, 0.25) is 0 Å². The summed E-state index contributed by atoms with van der Waals surface area (Å²) in [6.45, 7) is 3.11. The second-order valence-electron chi connectivity index (χ2n) is 7.30. The molecule has 130 valence electrons. The molecule has 0 spiro atoms. The number of aryl methyl sites for hydroxylation is 1. The Bertz CT molecular complexity index is 1050. The van der Waals surface area contributed by atoms with E-state index in [2.05, 4.69) is 82.7 Å². The predicted molar refractivity (Wildman–Crippen MR) is 107 cm³/mol. The molecule has 1 saturated carbocycles. The number of benzene rings is 2. The lowest BCUT2D eigenvalue weighted by Gasteiger charge is -2.08. The summed E-state index contributed by atoms with van der Waals surface area (Å²) >= 11 is 0. The lowest BCUT2D eigenvalue weighted by atomic mass is 10.1. The lowest BCUT2D eigenvalue weighted by molar-refractivity contribution is 0.568. The van der Waals surface area contributed by atoms with Gasteiger partial charge < -0.3 is 10.3 Å². The van der Waals surface area contributed by atoms with Gasteiger partial charge >= 0.3 is 0 Å². The second kappa shape index (κ2) is 6.06. The second-order valence-corrected chi connectivity index (χ2v) is 7.30. The highest BCUT2D eigenvalue weighted by Gasteiger charge is 2.22. The van der Waals surface area contributed by atoms with Gasteiger partial charge in [-0.1, -0.05) is 24.3 Å². The third kappa shape index (κ3) is 2.99. The first-order valence-corrected chi connectivity index (χ1v) is 9.24. The number of hydrogen-bond donors (Lipinski definition) is 2. The Hall–Kier alpha value is -3.01. The van der Waals surface area contributed by atoms with Crippen LogP contribution < -0.4 is 5.32 Å². The molecule has 2 aromatic carbocycles. The molecule has 4 aromatic rings. The van der Waals surface area contributed by atoms with E-state index in [0.717, 1.165) is 35.0 Å². The molecule has 5 rings (SSSR count). The van der Waals surface area contributed by atoms with Crippen molar-refractivity contribution in [3.05, 3.63) is 66.5 Å². The van der Waals surface area contributed by atoms with E-state index < -0.39 is 0 Å². The van der Waals surface area contributed by atoms with Crippen LogP contribution in [0.3, 0.4) is 0 Å². The third-order valence-corrected chi connectivity index (χ3v) is 5.03. The van der Waals surface area contributed by atoms with Crippen LogP contribution in [-0.2, 0) is 6.54 Å². The zero-order valence-corrected chi connectivity index (χ0v) is 14.9. The fourth-order valence-electron chi connectivity index (χ4n) is 3.42. The summed E-state index contributed by atoms with van der Waals surface area (Å²) < 4.78 is 2.10. The van der Waals surface area contributed by atoms with Crippen molar-refractivity contribution in [2.24, 2.45) is 5.92 Å². The van der Waals surface area contributed by atoms with Crippen LogP contribution in [0.4, 0.5) is 11.4 Å². The SMILES string of the molecule is Cc1ccc(-c2ccc(Nc3cccc4cn(CC5CC5)nc34)cc2)[nH]1. The summed E-state index contributed by atoms with van der Waals surface area (Å²) in [7, 11) is 0. The van der Waals surface area contributed by atoms with Crippen molar-refractivity contribution in [1.29, 1.82) is 0 Å². The molecule has 0 atom stereocenters. The van der Waals surface area contributed by atoms with E-state index in [4.69, 9.17) is 5.10 Å². The van der Waals surface area contributed by atoms with Crippen molar-refractivity contribution >= 4 is 22.3 Å². The average Bonchev–Trinajstić information content (AvgIpc) is 3.18. The standard InChI is InChI=1S/C22H22N4/c1-15-5-12-20(23-15)17-8-10-19(11-9-17)24-21-4-2-3-18-14-26(25-22(18)21)13-16-6-7-16/h2-5,8-12,14,16,23-24H,6-7,13H2,1H3. The van der Waals surface area contributed by atoms with E-state index >= 15 is 0 Å². The van der Waals surface area contributed by atoms with E-state index in [9.17, 15) is 0 Å². The van der Waals surface area contributed by atoms with E-state index in [1.54, 1.807) is 0 Å². The molecule has 0 saturated heterocycles. The van der Waals surface area contributed by atoms with Gasteiger partial charge in [0, 0.05) is 35.2 Å². The van der Waals surface area contributed by atoms with Crippen molar-refractivity contribution in [1.82, 2.24) is 14.8 Å². The van der Waals surface area contributed by atoms with Crippen LogP contribution in [0.1, 0.15) is 18.5 Å². The number of nitrogens with zero attached hydrogens (tertiary/aromatic N) is 2. The zero-order chi connectivity index (χ0) is 17.5. The Kier molecular flexibility index (Phi) is 3.56. The Morgan fingerprint density at radius 1 is 1.08 bits per heavy atom. The maximum absolute atomic E-state index is 4.81. The first-order chi connectivity index (χ1) is 12.7. The number of aromatic nitrogens is 3. The molecule has 0 aliphatic heterocycles. The minimum atomic E-state index is 0.824. The first kappa shape index (κ1) is 15.3. The minimum absolute atomic E-state index is 0.824. The summed E-state index contributed by atoms with van der Waals surface area (Å²) in [5, 5.41) is 9.52. The number of nitrogens with one attached hydrogen (secondary N) is 2. The van der Waals surface area contributed by atoms with Crippen molar-refractivity contribution in [3.8, 4) is 11.3 Å². The fraction of sp³-hybridized carbons (Fsp3) is 0.227. The Morgan fingerprint density at radius 2 is 1.92 bits per heavy atom.